The van der Waals surface area contributed by atoms with Crippen molar-refractivity contribution in [1.29, 1.82) is 0 Å². The second-order valence-corrected chi connectivity index (χ2v) is 7.81. The molecule has 0 radical (unpaired) electrons. The Morgan fingerprint density at radius 2 is 1.95 bits per heavy atom. The topological polar surface area (TPSA) is 0 Å². The highest BCUT2D eigenvalue weighted by Crippen LogP contribution is 2.37. The van der Waals surface area contributed by atoms with Crippen molar-refractivity contribution in [3.8, 4) is 0 Å². The van der Waals surface area contributed by atoms with Gasteiger partial charge in [-0.1, -0.05) is 69.5 Å². The van der Waals surface area contributed by atoms with E-state index < -0.39 is 0 Å². The molecule has 0 saturated carbocycles. The van der Waals surface area contributed by atoms with Gasteiger partial charge in [0.1, 0.15) is 0 Å². The standard InChI is InChI=1S/C21H37Cl/c1-8-11-20(22)13-12-17(4)16-21(7,10-3)15-14-19(6)18(5)9-2/h8-9,13,17,19H,1,10-12,14-16H2,2-7H3/b18-9?,20-13-/t17-,19?,21+/m0/s1. The normalized spacial score (nSPS) is 18.7. The zero-order valence-corrected chi connectivity index (χ0v) is 16.5. The quantitative estimate of drug-likeness (QED) is 0.339. The largest absolute Gasteiger partial charge is 0.103 e. The summed E-state index contributed by atoms with van der Waals surface area (Å²) in [6, 6.07) is 0. The zero-order valence-electron chi connectivity index (χ0n) is 15.7. The van der Waals surface area contributed by atoms with Crippen molar-refractivity contribution < 1.29 is 0 Å². The molecule has 0 aromatic rings. The summed E-state index contributed by atoms with van der Waals surface area (Å²) in [6.07, 6.45) is 13.3. The first-order valence-electron chi connectivity index (χ1n) is 8.86. The first-order chi connectivity index (χ1) is 10.3. The fourth-order valence-electron chi connectivity index (χ4n) is 2.98. The monoisotopic (exact) mass is 324 g/mol. The van der Waals surface area contributed by atoms with E-state index in [4.69, 9.17) is 11.6 Å². The van der Waals surface area contributed by atoms with Crippen LogP contribution in [0.25, 0.3) is 0 Å². The van der Waals surface area contributed by atoms with E-state index in [2.05, 4.69) is 60.3 Å². The third-order valence-corrected chi connectivity index (χ3v) is 5.50. The Bertz CT molecular complexity index is 377. The van der Waals surface area contributed by atoms with E-state index in [1.165, 1.54) is 31.3 Å². The Balaban J connectivity index is 4.48. The van der Waals surface area contributed by atoms with Gasteiger partial charge in [-0.2, -0.15) is 0 Å². The van der Waals surface area contributed by atoms with Crippen molar-refractivity contribution in [3.63, 3.8) is 0 Å². The summed E-state index contributed by atoms with van der Waals surface area (Å²) < 4.78 is 0. The molecule has 0 heterocycles. The van der Waals surface area contributed by atoms with Crippen molar-refractivity contribution in [2.24, 2.45) is 17.3 Å². The molecule has 0 N–H and O–H groups in total. The van der Waals surface area contributed by atoms with Crippen LogP contribution in [0.2, 0.25) is 0 Å². The van der Waals surface area contributed by atoms with Gasteiger partial charge in [0.05, 0.1) is 0 Å². The summed E-state index contributed by atoms with van der Waals surface area (Å²) in [7, 11) is 0. The van der Waals surface area contributed by atoms with Gasteiger partial charge in [0.15, 0.2) is 0 Å². The summed E-state index contributed by atoms with van der Waals surface area (Å²) in [6.45, 7) is 17.6. The molecule has 0 aromatic heterocycles. The molecule has 0 amide bonds. The van der Waals surface area contributed by atoms with E-state index in [1.54, 1.807) is 0 Å². The van der Waals surface area contributed by atoms with Crippen LogP contribution >= 0.6 is 11.6 Å². The third-order valence-electron chi connectivity index (χ3n) is 5.19. The highest BCUT2D eigenvalue weighted by atomic mass is 35.5. The first-order valence-corrected chi connectivity index (χ1v) is 9.24. The van der Waals surface area contributed by atoms with E-state index in [0.717, 1.165) is 17.9 Å². The molecule has 0 aliphatic rings. The average Bonchev–Trinajstić information content (AvgIpc) is 2.50. The molecule has 1 heteroatoms. The molecule has 0 saturated heterocycles. The highest BCUT2D eigenvalue weighted by Gasteiger charge is 2.25. The molecular weight excluding hydrogens is 288 g/mol. The fourth-order valence-corrected chi connectivity index (χ4v) is 3.17. The van der Waals surface area contributed by atoms with Crippen LogP contribution in [0.3, 0.4) is 0 Å². The number of hydrogen-bond donors (Lipinski definition) is 0. The highest BCUT2D eigenvalue weighted by molar-refractivity contribution is 6.29. The van der Waals surface area contributed by atoms with Gasteiger partial charge >= 0.3 is 0 Å². The Labute approximate surface area is 144 Å². The van der Waals surface area contributed by atoms with Gasteiger partial charge in [0.25, 0.3) is 0 Å². The van der Waals surface area contributed by atoms with Crippen molar-refractivity contribution in [2.75, 3.05) is 0 Å². The Hall–Kier alpha value is -0.490. The molecule has 128 valence electrons. The van der Waals surface area contributed by atoms with Crippen LogP contribution in [0.15, 0.2) is 35.4 Å². The fraction of sp³-hybridized carbons (Fsp3) is 0.714. The van der Waals surface area contributed by atoms with Crippen LogP contribution in [0, 0.1) is 17.3 Å². The average molecular weight is 325 g/mol. The SMILES string of the molecule is C=CC/C(Cl)=C/C[C@H](C)C[C@](C)(CC)CCC(C)C(C)=CC. The lowest BCUT2D eigenvalue weighted by Crippen LogP contribution is -2.20. The summed E-state index contributed by atoms with van der Waals surface area (Å²) in [5.41, 5.74) is 1.96. The molecule has 22 heavy (non-hydrogen) atoms. The molecule has 0 spiro atoms. The van der Waals surface area contributed by atoms with Crippen molar-refractivity contribution in [2.45, 2.75) is 80.1 Å². The lowest BCUT2D eigenvalue weighted by Gasteiger charge is -2.32. The van der Waals surface area contributed by atoms with Crippen LogP contribution in [0.4, 0.5) is 0 Å². The summed E-state index contributed by atoms with van der Waals surface area (Å²) in [5.74, 6) is 1.38. The minimum atomic E-state index is 0.445. The van der Waals surface area contributed by atoms with Crippen LogP contribution < -0.4 is 0 Å². The van der Waals surface area contributed by atoms with Crippen molar-refractivity contribution in [1.82, 2.24) is 0 Å². The number of rotatable bonds is 11. The van der Waals surface area contributed by atoms with E-state index in [1.807, 2.05) is 6.08 Å². The summed E-state index contributed by atoms with van der Waals surface area (Å²) >= 11 is 6.17. The number of halogens is 1. The Morgan fingerprint density at radius 1 is 1.32 bits per heavy atom. The van der Waals surface area contributed by atoms with Crippen LogP contribution in [-0.2, 0) is 0 Å². The van der Waals surface area contributed by atoms with Crippen molar-refractivity contribution >= 4 is 11.6 Å². The molecule has 0 nitrogen and oxygen atoms in total. The molecule has 0 fully saturated rings. The van der Waals surface area contributed by atoms with Crippen LogP contribution in [-0.4, -0.2) is 0 Å². The minimum Gasteiger partial charge on any atom is -0.103 e. The number of hydrogen-bond acceptors (Lipinski definition) is 0. The molecule has 0 aliphatic carbocycles. The lowest BCUT2D eigenvalue weighted by molar-refractivity contribution is 0.206. The van der Waals surface area contributed by atoms with Gasteiger partial charge in [-0.3, -0.25) is 0 Å². The maximum absolute atomic E-state index is 6.17. The summed E-state index contributed by atoms with van der Waals surface area (Å²) in [5, 5.41) is 0.928. The molecule has 3 atom stereocenters. The molecular formula is C21H37Cl. The predicted octanol–water partition coefficient (Wildman–Crippen LogP) is 7.90. The zero-order chi connectivity index (χ0) is 17.2. The van der Waals surface area contributed by atoms with Crippen LogP contribution in [0.5, 0.6) is 0 Å². The van der Waals surface area contributed by atoms with Crippen molar-refractivity contribution in [3.05, 3.63) is 35.4 Å². The van der Waals surface area contributed by atoms with E-state index >= 15 is 0 Å². The maximum atomic E-state index is 6.17. The van der Waals surface area contributed by atoms with E-state index in [9.17, 15) is 0 Å². The van der Waals surface area contributed by atoms with Gasteiger partial charge < -0.3 is 0 Å². The predicted molar refractivity (Wildman–Crippen MR) is 103 cm³/mol. The molecule has 0 aliphatic heterocycles. The Kier molecular flexibility index (Phi) is 10.9. The van der Waals surface area contributed by atoms with Gasteiger partial charge in [-0.15, -0.1) is 6.58 Å². The molecule has 1 unspecified atom stereocenters. The molecule has 0 rings (SSSR count). The molecule has 0 aromatic carbocycles. The minimum absolute atomic E-state index is 0.445. The lowest BCUT2D eigenvalue weighted by atomic mass is 9.73. The van der Waals surface area contributed by atoms with E-state index in [-0.39, 0.29) is 0 Å². The molecule has 0 bridgehead atoms. The van der Waals surface area contributed by atoms with Gasteiger partial charge in [-0.25, -0.2) is 0 Å². The smallest absolute Gasteiger partial charge is 0.0178 e. The third kappa shape index (κ3) is 8.83. The van der Waals surface area contributed by atoms with Gasteiger partial charge in [-0.05, 0) is 56.8 Å². The first kappa shape index (κ1) is 21.5. The number of allylic oxidation sites excluding steroid dienone is 5. The van der Waals surface area contributed by atoms with E-state index in [0.29, 0.717) is 17.3 Å². The van der Waals surface area contributed by atoms with Gasteiger partial charge in [0, 0.05) is 11.5 Å². The van der Waals surface area contributed by atoms with Gasteiger partial charge in [0.2, 0.25) is 0 Å². The van der Waals surface area contributed by atoms with Crippen LogP contribution in [0.1, 0.15) is 80.1 Å². The maximum Gasteiger partial charge on any atom is 0.0178 e. The second-order valence-electron chi connectivity index (χ2n) is 7.33. The summed E-state index contributed by atoms with van der Waals surface area (Å²) in [4.78, 5) is 0. The second kappa shape index (κ2) is 11.1. The Morgan fingerprint density at radius 3 is 2.45 bits per heavy atom.